The van der Waals surface area contributed by atoms with Crippen LogP contribution in [0.1, 0.15) is 23.5 Å². The van der Waals surface area contributed by atoms with Gasteiger partial charge >= 0.3 is 0 Å². The van der Waals surface area contributed by atoms with Gasteiger partial charge in [-0.25, -0.2) is 8.78 Å². The van der Waals surface area contributed by atoms with Crippen molar-refractivity contribution >= 4 is 0 Å². The maximum absolute atomic E-state index is 13.8. The van der Waals surface area contributed by atoms with Gasteiger partial charge in [0, 0.05) is 36.1 Å². The molecule has 86 valence electrons. The molecule has 0 aliphatic carbocycles. The van der Waals surface area contributed by atoms with Gasteiger partial charge in [0.15, 0.2) is 0 Å². The van der Waals surface area contributed by atoms with Gasteiger partial charge in [-0.3, -0.25) is 0 Å². The molecular formula is C12H13F2NO. The van der Waals surface area contributed by atoms with Crippen molar-refractivity contribution < 1.29 is 13.5 Å². The lowest BCUT2D eigenvalue weighted by molar-refractivity contribution is 0.348. The summed E-state index contributed by atoms with van der Waals surface area (Å²) in [4.78, 5) is 0. The monoisotopic (exact) mass is 225 g/mol. The first-order valence-electron chi connectivity index (χ1n) is 5.61. The van der Waals surface area contributed by atoms with Crippen LogP contribution < -0.4 is 10.1 Å². The molecule has 0 spiro atoms. The summed E-state index contributed by atoms with van der Waals surface area (Å²) in [6.07, 6.45) is 1.44. The van der Waals surface area contributed by atoms with E-state index in [4.69, 9.17) is 4.74 Å². The highest BCUT2D eigenvalue weighted by atomic mass is 19.1. The van der Waals surface area contributed by atoms with Gasteiger partial charge in [0.05, 0.1) is 6.61 Å². The van der Waals surface area contributed by atoms with Crippen LogP contribution in [0.15, 0.2) is 6.07 Å². The van der Waals surface area contributed by atoms with Crippen LogP contribution in [0.5, 0.6) is 5.75 Å². The normalized spacial score (nSPS) is 23.2. The van der Waals surface area contributed by atoms with Crippen LogP contribution in [0.3, 0.4) is 0 Å². The SMILES string of the molecule is Fc1cc(F)c(C2CCNC2)c2c1CCO2. The molecule has 2 aliphatic heterocycles. The van der Waals surface area contributed by atoms with E-state index in [9.17, 15) is 8.78 Å². The Morgan fingerprint density at radius 3 is 2.94 bits per heavy atom. The topological polar surface area (TPSA) is 21.3 Å². The first-order chi connectivity index (χ1) is 7.77. The first-order valence-corrected chi connectivity index (χ1v) is 5.61. The predicted octanol–water partition coefficient (Wildman–Crippen LogP) is 1.98. The molecule has 0 amide bonds. The van der Waals surface area contributed by atoms with E-state index in [0.29, 0.717) is 29.9 Å². The smallest absolute Gasteiger partial charge is 0.133 e. The first kappa shape index (κ1) is 10.0. The van der Waals surface area contributed by atoms with E-state index >= 15 is 0 Å². The molecule has 2 heterocycles. The average Bonchev–Trinajstić information content (AvgIpc) is 2.86. The summed E-state index contributed by atoms with van der Waals surface area (Å²) in [5.41, 5.74) is 1.11. The van der Waals surface area contributed by atoms with Crippen molar-refractivity contribution in [3.05, 3.63) is 28.8 Å². The number of nitrogens with one attached hydrogen (secondary N) is 1. The second-order valence-corrected chi connectivity index (χ2v) is 4.35. The number of hydrogen-bond acceptors (Lipinski definition) is 2. The molecule has 0 radical (unpaired) electrons. The summed E-state index contributed by atoms with van der Waals surface area (Å²) in [7, 11) is 0. The number of rotatable bonds is 1. The Labute approximate surface area is 92.6 Å². The van der Waals surface area contributed by atoms with E-state index in [-0.39, 0.29) is 5.92 Å². The Morgan fingerprint density at radius 1 is 1.31 bits per heavy atom. The van der Waals surface area contributed by atoms with Crippen molar-refractivity contribution in [2.75, 3.05) is 19.7 Å². The van der Waals surface area contributed by atoms with Crippen molar-refractivity contribution in [2.45, 2.75) is 18.8 Å². The number of hydrogen-bond donors (Lipinski definition) is 1. The Balaban J connectivity index is 2.12. The lowest BCUT2D eigenvalue weighted by Gasteiger charge is -2.15. The minimum absolute atomic E-state index is 0.118. The summed E-state index contributed by atoms with van der Waals surface area (Å²) < 4.78 is 32.7. The van der Waals surface area contributed by atoms with E-state index in [1.54, 1.807) is 0 Å². The number of benzene rings is 1. The molecule has 3 rings (SSSR count). The average molecular weight is 225 g/mol. The summed E-state index contributed by atoms with van der Waals surface area (Å²) in [5.74, 6) is -0.356. The van der Waals surface area contributed by atoms with E-state index in [0.717, 1.165) is 25.6 Å². The molecule has 1 saturated heterocycles. The highest BCUT2D eigenvalue weighted by Gasteiger charge is 2.30. The van der Waals surface area contributed by atoms with E-state index in [1.165, 1.54) is 0 Å². The minimum Gasteiger partial charge on any atom is -0.492 e. The Kier molecular flexibility index (Phi) is 2.32. The standard InChI is InChI=1S/C12H13F2NO/c13-9-5-10(14)11(7-1-3-15-6-7)12-8(9)2-4-16-12/h5,7,15H,1-4,6H2. The maximum Gasteiger partial charge on any atom is 0.133 e. The molecule has 1 aromatic rings. The second kappa shape index (κ2) is 3.70. The zero-order valence-corrected chi connectivity index (χ0v) is 8.85. The van der Waals surface area contributed by atoms with Crippen LogP contribution >= 0.6 is 0 Å². The largest absolute Gasteiger partial charge is 0.492 e. The molecule has 0 saturated carbocycles. The summed E-state index contributed by atoms with van der Waals surface area (Å²) >= 11 is 0. The Morgan fingerprint density at radius 2 is 2.19 bits per heavy atom. The number of halogens is 2. The summed E-state index contributed by atoms with van der Waals surface area (Å²) in [6, 6.07) is 1.00. The van der Waals surface area contributed by atoms with Gasteiger partial charge in [-0.2, -0.15) is 0 Å². The Hall–Kier alpha value is -1.16. The molecule has 16 heavy (non-hydrogen) atoms. The number of fused-ring (bicyclic) bond motifs is 1. The fraction of sp³-hybridized carbons (Fsp3) is 0.500. The van der Waals surface area contributed by atoms with Crippen molar-refractivity contribution in [3.8, 4) is 5.75 Å². The molecule has 0 bridgehead atoms. The molecule has 1 fully saturated rings. The molecule has 2 nitrogen and oxygen atoms in total. The van der Waals surface area contributed by atoms with Crippen molar-refractivity contribution in [1.29, 1.82) is 0 Å². The van der Waals surface area contributed by atoms with Crippen LogP contribution in [0.2, 0.25) is 0 Å². The van der Waals surface area contributed by atoms with Crippen LogP contribution in [-0.2, 0) is 6.42 Å². The minimum atomic E-state index is -0.472. The highest BCUT2D eigenvalue weighted by molar-refractivity contribution is 5.48. The molecule has 1 aromatic carbocycles. The van der Waals surface area contributed by atoms with Gasteiger partial charge in [0.2, 0.25) is 0 Å². The van der Waals surface area contributed by atoms with Crippen molar-refractivity contribution in [2.24, 2.45) is 0 Å². The lowest BCUT2D eigenvalue weighted by atomic mass is 9.94. The van der Waals surface area contributed by atoms with E-state index in [1.807, 2.05) is 0 Å². The van der Waals surface area contributed by atoms with Crippen LogP contribution in [-0.4, -0.2) is 19.7 Å². The molecule has 1 N–H and O–H groups in total. The van der Waals surface area contributed by atoms with Crippen LogP contribution in [0.25, 0.3) is 0 Å². The van der Waals surface area contributed by atoms with Gasteiger partial charge in [0.25, 0.3) is 0 Å². The third-order valence-electron chi connectivity index (χ3n) is 3.38. The molecular weight excluding hydrogens is 212 g/mol. The summed E-state index contributed by atoms with van der Waals surface area (Å²) in [5, 5.41) is 3.19. The molecule has 1 atom stereocenters. The number of ether oxygens (including phenoxy) is 1. The Bertz CT molecular complexity index is 428. The van der Waals surface area contributed by atoms with Crippen molar-refractivity contribution in [1.82, 2.24) is 5.32 Å². The lowest BCUT2D eigenvalue weighted by Crippen LogP contribution is -2.10. The zero-order chi connectivity index (χ0) is 11.1. The predicted molar refractivity (Wildman–Crippen MR) is 55.8 cm³/mol. The molecule has 1 unspecified atom stereocenters. The van der Waals surface area contributed by atoms with Gasteiger partial charge in [-0.1, -0.05) is 0 Å². The van der Waals surface area contributed by atoms with E-state index < -0.39 is 11.6 Å². The fourth-order valence-corrected chi connectivity index (χ4v) is 2.59. The van der Waals surface area contributed by atoms with Gasteiger partial charge < -0.3 is 10.1 Å². The zero-order valence-electron chi connectivity index (χ0n) is 8.85. The van der Waals surface area contributed by atoms with Crippen molar-refractivity contribution in [3.63, 3.8) is 0 Å². The van der Waals surface area contributed by atoms with Gasteiger partial charge in [-0.15, -0.1) is 0 Å². The third kappa shape index (κ3) is 1.40. The maximum atomic E-state index is 13.8. The molecule has 4 heteroatoms. The molecule has 2 aliphatic rings. The quantitative estimate of drug-likeness (QED) is 0.789. The second-order valence-electron chi connectivity index (χ2n) is 4.35. The van der Waals surface area contributed by atoms with Gasteiger partial charge in [0.1, 0.15) is 17.4 Å². The van der Waals surface area contributed by atoms with Gasteiger partial charge in [-0.05, 0) is 13.0 Å². The molecule has 0 aromatic heterocycles. The van der Waals surface area contributed by atoms with E-state index in [2.05, 4.69) is 5.32 Å². The highest BCUT2D eigenvalue weighted by Crippen LogP contribution is 2.39. The third-order valence-corrected chi connectivity index (χ3v) is 3.38. The van der Waals surface area contributed by atoms with Crippen LogP contribution in [0.4, 0.5) is 8.78 Å². The van der Waals surface area contributed by atoms with Crippen LogP contribution in [0, 0.1) is 11.6 Å². The summed E-state index contributed by atoms with van der Waals surface area (Å²) in [6.45, 7) is 2.09. The fourth-order valence-electron chi connectivity index (χ4n) is 2.59.